The number of allylic oxidation sites excluding steroid dienone is 1. The van der Waals surface area contributed by atoms with Crippen LogP contribution in [0.5, 0.6) is 5.75 Å². The molecule has 3 aromatic rings. The molecule has 1 aliphatic heterocycles. The van der Waals surface area contributed by atoms with Crippen molar-refractivity contribution in [3.05, 3.63) is 95.6 Å². The zero-order chi connectivity index (χ0) is 25.7. The molecule has 0 N–H and O–H groups in total. The molecule has 0 bridgehead atoms. The number of carbonyl (C=O) groups is 1. The Kier molecular flexibility index (Phi) is 8.40. The minimum absolute atomic E-state index is 0.0990. The Labute approximate surface area is 217 Å². The Morgan fingerprint density at radius 2 is 1.83 bits per heavy atom. The number of halogens is 1. The average molecular weight is 527 g/mol. The molecule has 0 amide bonds. The van der Waals surface area contributed by atoms with Crippen LogP contribution in [-0.2, 0) is 14.3 Å². The number of carbonyl (C=O) groups excluding carboxylic acids is 1. The van der Waals surface area contributed by atoms with E-state index in [1.807, 2.05) is 30.3 Å². The monoisotopic (exact) mass is 526 g/mol. The molecular weight excluding hydrogens is 500 g/mol. The van der Waals surface area contributed by atoms with Crippen LogP contribution < -0.4 is 19.6 Å². The molecule has 1 unspecified atom stereocenters. The van der Waals surface area contributed by atoms with Gasteiger partial charge in [0.2, 0.25) is 0 Å². The van der Waals surface area contributed by atoms with Crippen LogP contribution in [0.3, 0.4) is 0 Å². The lowest BCUT2D eigenvalue weighted by Crippen LogP contribution is -2.40. The smallest absolute Gasteiger partial charge is 0.338 e. The molecule has 0 saturated heterocycles. The zero-order valence-corrected chi connectivity index (χ0v) is 21.9. The van der Waals surface area contributed by atoms with E-state index in [9.17, 15) is 9.59 Å². The second-order valence-electron chi connectivity index (χ2n) is 8.18. The first-order valence-electron chi connectivity index (χ1n) is 11.6. The SMILES string of the molecule is CCCOc1ccc(C=c2sc3n(c2=O)C(c2ccc(Cl)cc2)C(C(=O)OCCOC)=C(C)N=3)cc1. The van der Waals surface area contributed by atoms with Crippen molar-refractivity contribution in [1.29, 1.82) is 0 Å². The van der Waals surface area contributed by atoms with Crippen molar-refractivity contribution >= 4 is 35.0 Å². The van der Waals surface area contributed by atoms with Gasteiger partial charge in [-0.25, -0.2) is 9.79 Å². The Morgan fingerprint density at radius 1 is 1.11 bits per heavy atom. The van der Waals surface area contributed by atoms with Gasteiger partial charge in [-0.15, -0.1) is 0 Å². The molecule has 2 aromatic carbocycles. The first-order valence-corrected chi connectivity index (χ1v) is 12.8. The fraction of sp³-hybridized carbons (Fsp3) is 0.296. The minimum atomic E-state index is -0.694. The van der Waals surface area contributed by atoms with Gasteiger partial charge in [0.15, 0.2) is 4.80 Å². The summed E-state index contributed by atoms with van der Waals surface area (Å²) >= 11 is 7.39. The molecule has 0 radical (unpaired) electrons. The highest BCUT2D eigenvalue weighted by Crippen LogP contribution is 2.31. The van der Waals surface area contributed by atoms with Crippen molar-refractivity contribution in [3.63, 3.8) is 0 Å². The minimum Gasteiger partial charge on any atom is -0.494 e. The average Bonchev–Trinajstić information content (AvgIpc) is 3.17. The summed E-state index contributed by atoms with van der Waals surface area (Å²) in [5, 5.41) is 0.558. The number of methoxy groups -OCH3 is 1. The third-order valence-electron chi connectivity index (χ3n) is 5.60. The first kappa shape index (κ1) is 25.9. The molecule has 2 heterocycles. The van der Waals surface area contributed by atoms with E-state index < -0.39 is 12.0 Å². The van der Waals surface area contributed by atoms with Crippen LogP contribution in [0.4, 0.5) is 0 Å². The molecule has 1 aromatic heterocycles. The van der Waals surface area contributed by atoms with Gasteiger partial charge >= 0.3 is 5.97 Å². The second-order valence-corrected chi connectivity index (χ2v) is 9.63. The molecule has 0 fully saturated rings. The van der Waals surface area contributed by atoms with Crippen LogP contribution in [0.1, 0.15) is 37.4 Å². The highest BCUT2D eigenvalue weighted by Gasteiger charge is 2.33. The van der Waals surface area contributed by atoms with E-state index in [0.717, 1.165) is 23.3 Å². The van der Waals surface area contributed by atoms with E-state index in [0.29, 0.717) is 32.2 Å². The predicted molar refractivity (Wildman–Crippen MR) is 140 cm³/mol. The van der Waals surface area contributed by atoms with Crippen molar-refractivity contribution in [2.24, 2.45) is 4.99 Å². The number of hydrogen-bond acceptors (Lipinski definition) is 7. The molecule has 1 aliphatic rings. The number of fused-ring (bicyclic) bond motifs is 1. The van der Waals surface area contributed by atoms with Crippen molar-refractivity contribution in [2.45, 2.75) is 26.3 Å². The number of hydrogen-bond donors (Lipinski definition) is 0. The summed E-state index contributed by atoms with van der Waals surface area (Å²) in [5.74, 6) is 0.246. The number of ether oxygens (including phenoxy) is 3. The van der Waals surface area contributed by atoms with Gasteiger partial charge in [-0.1, -0.05) is 54.1 Å². The Morgan fingerprint density at radius 3 is 2.50 bits per heavy atom. The lowest BCUT2D eigenvalue weighted by Gasteiger charge is -2.24. The van der Waals surface area contributed by atoms with E-state index in [1.165, 1.54) is 18.4 Å². The number of nitrogens with zero attached hydrogens (tertiary/aromatic N) is 2. The van der Waals surface area contributed by atoms with Gasteiger partial charge in [-0.05, 0) is 54.8 Å². The number of rotatable bonds is 9. The highest BCUT2D eigenvalue weighted by atomic mass is 35.5. The maximum Gasteiger partial charge on any atom is 0.338 e. The van der Waals surface area contributed by atoms with Gasteiger partial charge in [-0.3, -0.25) is 9.36 Å². The number of aromatic nitrogens is 1. The Hall–Kier alpha value is -3.20. The zero-order valence-electron chi connectivity index (χ0n) is 20.3. The maximum atomic E-state index is 13.6. The van der Waals surface area contributed by atoms with Gasteiger partial charge in [-0.2, -0.15) is 0 Å². The van der Waals surface area contributed by atoms with Gasteiger partial charge in [0, 0.05) is 12.1 Å². The highest BCUT2D eigenvalue weighted by molar-refractivity contribution is 7.07. The van der Waals surface area contributed by atoms with E-state index in [4.69, 9.17) is 25.8 Å². The van der Waals surface area contributed by atoms with E-state index in [1.54, 1.807) is 35.8 Å². The Balaban J connectivity index is 1.79. The van der Waals surface area contributed by atoms with Gasteiger partial charge in [0.25, 0.3) is 5.56 Å². The topological polar surface area (TPSA) is 79.1 Å². The van der Waals surface area contributed by atoms with Crippen LogP contribution >= 0.6 is 22.9 Å². The molecular formula is C27H27ClN2O5S. The van der Waals surface area contributed by atoms with Gasteiger partial charge < -0.3 is 14.2 Å². The van der Waals surface area contributed by atoms with Crippen molar-refractivity contribution in [2.75, 3.05) is 26.9 Å². The van der Waals surface area contributed by atoms with Crippen molar-refractivity contribution < 1.29 is 19.0 Å². The van der Waals surface area contributed by atoms with Crippen LogP contribution in [0.25, 0.3) is 6.08 Å². The third kappa shape index (κ3) is 5.61. The van der Waals surface area contributed by atoms with Gasteiger partial charge in [0.1, 0.15) is 12.4 Å². The summed E-state index contributed by atoms with van der Waals surface area (Å²) in [4.78, 5) is 31.9. The predicted octanol–water partition coefficient (Wildman–Crippen LogP) is 3.87. The van der Waals surface area contributed by atoms with Crippen LogP contribution in [0.2, 0.25) is 5.02 Å². The molecule has 0 saturated carbocycles. The fourth-order valence-corrected chi connectivity index (χ4v) is 5.04. The normalized spacial score (nSPS) is 15.4. The number of esters is 1. The summed E-state index contributed by atoms with van der Waals surface area (Å²) in [6.45, 7) is 4.83. The third-order valence-corrected chi connectivity index (χ3v) is 6.83. The fourth-order valence-electron chi connectivity index (χ4n) is 3.87. The summed E-state index contributed by atoms with van der Waals surface area (Å²) in [6, 6.07) is 14.0. The number of thiazole rings is 1. The first-order chi connectivity index (χ1) is 17.4. The molecule has 36 heavy (non-hydrogen) atoms. The van der Waals surface area contributed by atoms with Crippen LogP contribution in [-0.4, -0.2) is 37.5 Å². The largest absolute Gasteiger partial charge is 0.494 e. The molecule has 0 spiro atoms. The standard InChI is InChI=1S/C27H27ClN2O5S/c1-4-13-34-21-11-5-18(6-12-21)16-22-25(31)30-24(19-7-9-20(28)10-8-19)23(17(2)29-27(30)36-22)26(32)35-15-14-33-3/h5-12,16,24H,4,13-15H2,1-3H3. The van der Waals surface area contributed by atoms with Crippen LogP contribution in [0, 0.1) is 0 Å². The lowest BCUT2D eigenvalue weighted by molar-refractivity contribution is -0.140. The van der Waals surface area contributed by atoms with E-state index in [2.05, 4.69) is 11.9 Å². The summed E-state index contributed by atoms with van der Waals surface area (Å²) in [7, 11) is 1.53. The Bertz CT molecular complexity index is 1440. The molecule has 4 rings (SSSR count). The van der Waals surface area contributed by atoms with Crippen molar-refractivity contribution in [1.82, 2.24) is 4.57 Å². The quantitative estimate of drug-likeness (QED) is 0.312. The summed E-state index contributed by atoms with van der Waals surface area (Å²) < 4.78 is 18.1. The molecule has 0 aliphatic carbocycles. The number of benzene rings is 2. The van der Waals surface area contributed by atoms with E-state index in [-0.39, 0.29) is 18.8 Å². The summed E-state index contributed by atoms with van der Waals surface area (Å²) in [6.07, 6.45) is 2.75. The second kappa shape index (κ2) is 11.7. The van der Waals surface area contributed by atoms with Gasteiger partial charge in [0.05, 0.1) is 35.1 Å². The molecule has 188 valence electrons. The molecule has 1 atom stereocenters. The molecule has 9 heteroatoms. The summed E-state index contributed by atoms with van der Waals surface area (Å²) in [5.41, 5.74) is 2.17. The van der Waals surface area contributed by atoms with Crippen molar-refractivity contribution in [3.8, 4) is 5.75 Å². The van der Waals surface area contributed by atoms with E-state index >= 15 is 0 Å². The van der Waals surface area contributed by atoms with Crippen LogP contribution in [0.15, 0.2) is 69.6 Å². The molecule has 7 nitrogen and oxygen atoms in total. The lowest BCUT2D eigenvalue weighted by atomic mass is 9.96. The maximum absolute atomic E-state index is 13.6.